The van der Waals surface area contributed by atoms with Gasteiger partial charge in [0.15, 0.2) is 0 Å². The van der Waals surface area contributed by atoms with Gasteiger partial charge in [0, 0.05) is 9.35 Å². The predicted octanol–water partition coefficient (Wildman–Crippen LogP) is 6.54. The van der Waals surface area contributed by atoms with Crippen molar-refractivity contribution in [2.75, 3.05) is 0 Å². The molecule has 102 valence electrons. The van der Waals surface area contributed by atoms with Gasteiger partial charge in [0.2, 0.25) is 0 Å². The normalized spacial score (nSPS) is 12.8. The van der Waals surface area contributed by atoms with Gasteiger partial charge in [0.1, 0.15) is 0 Å². The van der Waals surface area contributed by atoms with Gasteiger partial charge in [0.25, 0.3) is 0 Å². The summed E-state index contributed by atoms with van der Waals surface area (Å²) < 4.78 is 1.19. The summed E-state index contributed by atoms with van der Waals surface area (Å²) in [4.78, 5) is 1.61. The molecule has 0 aliphatic carbocycles. The molecule has 19 heavy (non-hydrogen) atoms. The second-order valence-electron chi connectivity index (χ2n) is 5.03. The molecule has 1 aromatic carbocycles. The van der Waals surface area contributed by atoms with E-state index < -0.39 is 0 Å². The van der Waals surface area contributed by atoms with E-state index in [4.69, 9.17) is 0 Å². The van der Waals surface area contributed by atoms with E-state index in [0.717, 1.165) is 0 Å². The van der Waals surface area contributed by atoms with Gasteiger partial charge < -0.3 is 0 Å². The predicted molar refractivity (Wildman–Crippen MR) is 92.9 cm³/mol. The van der Waals surface area contributed by atoms with Crippen LogP contribution in [0.2, 0.25) is 0 Å². The molecule has 0 bridgehead atoms. The largest absolute Gasteiger partial charge is 0.146 e. The molecule has 0 saturated heterocycles. The van der Waals surface area contributed by atoms with Gasteiger partial charge in [0.05, 0.1) is 4.83 Å². The Kier molecular flexibility index (Phi) is 4.59. The fraction of sp³-hybridized carbons (Fsp3) is 0.375. The number of hydrogen-bond donors (Lipinski definition) is 0. The van der Waals surface area contributed by atoms with Crippen LogP contribution in [0.4, 0.5) is 0 Å². The average Bonchev–Trinajstić information content (AvgIpc) is 2.80. The van der Waals surface area contributed by atoms with Crippen molar-refractivity contribution in [2.45, 2.75) is 39.4 Å². The number of alkyl halides is 1. The standard InChI is InChI=1S/C16H18Br2S/c1-8-9(2)11(4)14(12(5)10(8)3)15(18)16-13(17)6-7-19-16/h6-7,15H,1-5H3. The highest BCUT2D eigenvalue weighted by atomic mass is 79.9. The minimum Gasteiger partial charge on any atom is -0.146 e. The Hall–Kier alpha value is -0.120. The van der Waals surface area contributed by atoms with Gasteiger partial charge >= 0.3 is 0 Å². The summed E-state index contributed by atoms with van der Waals surface area (Å²) in [7, 11) is 0. The van der Waals surface area contributed by atoms with Crippen molar-refractivity contribution >= 4 is 43.2 Å². The van der Waals surface area contributed by atoms with Crippen LogP contribution in [0, 0.1) is 34.6 Å². The van der Waals surface area contributed by atoms with Crippen LogP contribution in [0.15, 0.2) is 15.9 Å². The third-order valence-corrected chi connectivity index (χ3v) is 7.34. The molecule has 0 nitrogen and oxygen atoms in total. The fourth-order valence-corrected chi connectivity index (χ4v) is 5.68. The second-order valence-corrected chi connectivity index (χ2v) is 7.75. The van der Waals surface area contributed by atoms with Crippen molar-refractivity contribution in [3.63, 3.8) is 0 Å². The SMILES string of the molecule is Cc1c(C)c(C)c(C(Br)c2sccc2Br)c(C)c1C. The zero-order chi connectivity index (χ0) is 14.3. The molecule has 2 aromatic rings. The molecule has 0 amide bonds. The molecule has 0 aliphatic rings. The summed E-state index contributed by atoms with van der Waals surface area (Å²) in [5, 5.41) is 2.13. The third kappa shape index (κ3) is 2.57. The Morgan fingerprint density at radius 1 is 0.895 bits per heavy atom. The van der Waals surface area contributed by atoms with E-state index >= 15 is 0 Å². The molecule has 0 N–H and O–H groups in total. The Bertz CT molecular complexity index is 597. The van der Waals surface area contributed by atoms with Crippen LogP contribution in [0.5, 0.6) is 0 Å². The Morgan fingerprint density at radius 2 is 1.37 bits per heavy atom. The van der Waals surface area contributed by atoms with Crippen LogP contribution < -0.4 is 0 Å². The first-order valence-corrected chi connectivity index (χ1v) is 8.88. The number of thiophene rings is 1. The van der Waals surface area contributed by atoms with Crippen LogP contribution in [0.1, 0.15) is 43.1 Å². The molecule has 0 radical (unpaired) electrons. The molecule has 0 saturated carbocycles. The molecule has 2 rings (SSSR count). The molecule has 1 unspecified atom stereocenters. The summed E-state index contributed by atoms with van der Waals surface area (Å²) >= 11 is 9.34. The first-order valence-electron chi connectivity index (χ1n) is 6.30. The third-order valence-electron chi connectivity index (χ3n) is 4.19. The topological polar surface area (TPSA) is 0 Å². The first kappa shape index (κ1) is 15.3. The van der Waals surface area contributed by atoms with Crippen LogP contribution in [-0.4, -0.2) is 0 Å². The van der Waals surface area contributed by atoms with Crippen molar-refractivity contribution in [1.82, 2.24) is 0 Å². The molecule has 1 aromatic heterocycles. The minimum atomic E-state index is 0.264. The van der Waals surface area contributed by atoms with Gasteiger partial charge in [-0.1, -0.05) is 15.9 Å². The number of halogens is 2. The highest BCUT2D eigenvalue weighted by Gasteiger charge is 2.22. The van der Waals surface area contributed by atoms with Gasteiger partial charge in [-0.05, 0) is 95.4 Å². The lowest BCUT2D eigenvalue weighted by Crippen LogP contribution is -2.05. The number of hydrogen-bond acceptors (Lipinski definition) is 1. The van der Waals surface area contributed by atoms with E-state index in [1.54, 1.807) is 11.3 Å². The maximum Gasteiger partial charge on any atom is 0.0754 e. The van der Waals surface area contributed by atoms with E-state index in [2.05, 4.69) is 77.9 Å². The lowest BCUT2D eigenvalue weighted by Gasteiger charge is -2.22. The average molecular weight is 402 g/mol. The lowest BCUT2D eigenvalue weighted by atomic mass is 9.88. The van der Waals surface area contributed by atoms with Crippen molar-refractivity contribution < 1.29 is 0 Å². The Morgan fingerprint density at radius 3 is 1.79 bits per heavy atom. The van der Waals surface area contributed by atoms with E-state index in [9.17, 15) is 0 Å². The highest BCUT2D eigenvalue weighted by molar-refractivity contribution is 9.11. The van der Waals surface area contributed by atoms with Crippen molar-refractivity contribution in [3.05, 3.63) is 54.2 Å². The van der Waals surface area contributed by atoms with Crippen molar-refractivity contribution in [1.29, 1.82) is 0 Å². The summed E-state index contributed by atoms with van der Waals surface area (Å²) in [5.41, 5.74) is 8.48. The maximum atomic E-state index is 3.90. The molecule has 0 fully saturated rings. The van der Waals surface area contributed by atoms with E-state index in [-0.39, 0.29) is 4.83 Å². The van der Waals surface area contributed by atoms with E-state index in [1.165, 1.54) is 42.7 Å². The van der Waals surface area contributed by atoms with Gasteiger partial charge in [-0.25, -0.2) is 0 Å². The van der Waals surface area contributed by atoms with Crippen LogP contribution in [-0.2, 0) is 0 Å². The molecule has 3 heteroatoms. The Labute approximate surface area is 136 Å². The van der Waals surface area contributed by atoms with Crippen LogP contribution >= 0.6 is 43.2 Å². The van der Waals surface area contributed by atoms with Crippen LogP contribution in [0.25, 0.3) is 0 Å². The van der Waals surface area contributed by atoms with Gasteiger partial charge in [-0.2, -0.15) is 0 Å². The van der Waals surface area contributed by atoms with Gasteiger partial charge in [-0.3, -0.25) is 0 Å². The highest BCUT2D eigenvalue weighted by Crippen LogP contribution is 2.43. The Balaban J connectivity index is 2.67. The lowest BCUT2D eigenvalue weighted by molar-refractivity contribution is 1.07. The zero-order valence-electron chi connectivity index (χ0n) is 11.9. The molecular formula is C16H18Br2S. The number of benzene rings is 1. The van der Waals surface area contributed by atoms with E-state index in [1.807, 2.05) is 0 Å². The molecule has 0 aliphatic heterocycles. The molecular weight excluding hydrogens is 384 g/mol. The molecule has 1 heterocycles. The molecule has 1 atom stereocenters. The summed E-state index contributed by atoms with van der Waals surface area (Å²) in [6, 6.07) is 2.12. The monoisotopic (exact) mass is 400 g/mol. The molecule has 0 spiro atoms. The second kappa shape index (κ2) is 5.71. The summed E-state index contributed by atoms with van der Waals surface area (Å²) in [6.07, 6.45) is 0. The van der Waals surface area contributed by atoms with Crippen molar-refractivity contribution in [2.24, 2.45) is 0 Å². The zero-order valence-corrected chi connectivity index (χ0v) is 15.9. The van der Waals surface area contributed by atoms with Crippen LogP contribution in [0.3, 0.4) is 0 Å². The summed E-state index contributed by atoms with van der Waals surface area (Å²) in [5.74, 6) is 0. The minimum absolute atomic E-state index is 0.264. The summed E-state index contributed by atoms with van der Waals surface area (Å²) in [6.45, 7) is 11.1. The quantitative estimate of drug-likeness (QED) is 0.501. The maximum absolute atomic E-state index is 3.90. The number of rotatable bonds is 2. The fourth-order valence-electron chi connectivity index (χ4n) is 2.53. The smallest absolute Gasteiger partial charge is 0.0754 e. The van der Waals surface area contributed by atoms with E-state index in [0.29, 0.717) is 0 Å². The first-order chi connectivity index (χ1) is 8.86. The van der Waals surface area contributed by atoms with Crippen molar-refractivity contribution in [3.8, 4) is 0 Å². The van der Waals surface area contributed by atoms with Gasteiger partial charge in [-0.15, -0.1) is 11.3 Å².